The van der Waals surface area contributed by atoms with E-state index < -0.39 is 26.5 Å². The Bertz CT molecular complexity index is 1060. The summed E-state index contributed by atoms with van der Waals surface area (Å²) in [6, 6.07) is 0. The van der Waals surface area contributed by atoms with Gasteiger partial charge in [-0.2, -0.15) is 0 Å². The minimum Gasteiger partial charge on any atom is -0.463 e. The highest BCUT2D eigenvalue weighted by molar-refractivity contribution is 7.47. The Morgan fingerprint density at radius 2 is 0.915 bits per heavy atom. The molecule has 0 rings (SSSR count). The summed E-state index contributed by atoms with van der Waals surface area (Å²) >= 11 is 0. The summed E-state index contributed by atoms with van der Waals surface area (Å²) in [5.41, 5.74) is 0. The number of aliphatic hydroxyl groups excluding tert-OH is 1. The fraction of sp³-hybridized carbons (Fsp3) is 0.837. The average molecular weight is 854 g/mol. The molecule has 2 unspecified atom stereocenters. The van der Waals surface area contributed by atoms with E-state index in [1.165, 1.54) is 154 Å². The molecule has 0 radical (unpaired) electrons. The van der Waals surface area contributed by atoms with E-state index in [4.69, 9.17) is 13.8 Å². The third kappa shape index (κ3) is 47.1. The molecule has 1 amide bonds. The summed E-state index contributed by atoms with van der Waals surface area (Å²) in [4.78, 5) is 34.0. The van der Waals surface area contributed by atoms with Gasteiger partial charge < -0.3 is 20.1 Å². The molecule has 346 valence electrons. The van der Waals surface area contributed by atoms with Crippen LogP contribution in [0.25, 0.3) is 0 Å². The van der Waals surface area contributed by atoms with Crippen LogP contribution in [0.1, 0.15) is 232 Å². The summed E-state index contributed by atoms with van der Waals surface area (Å²) in [6.45, 7) is 3.55. The number of phosphoric ester groups is 1. The Hall–Kier alpha value is -1.77. The molecule has 0 bridgehead atoms. The van der Waals surface area contributed by atoms with Gasteiger partial charge in [0.2, 0.25) is 5.91 Å². The summed E-state index contributed by atoms with van der Waals surface area (Å²) in [7, 11) is -4.42. The van der Waals surface area contributed by atoms with Gasteiger partial charge in [0, 0.05) is 19.4 Å². The monoisotopic (exact) mass is 854 g/mol. The minimum atomic E-state index is -4.42. The molecule has 0 fully saturated rings. The van der Waals surface area contributed by atoms with Crippen LogP contribution in [0.15, 0.2) is 36.5 Å². The van der Waals surface area contributed by atoms with Crippen molar-refractivity contribution in [2.45, 2.75) is 238 Å². The van der Waals surface area contributed by atoms with Crippen molar-refractivity contribution in [2.75, 3.05) is 26.4 Å². The lowest BCUT2D eigenvalue weighted by atomic mass is 10.0. The molecule has 9 nitrogen and oxygen atoms in total. The van der Waals surface area contributed by atoms with Crippen LogP contribution in [0, 0.1) is 0 Å². The molecule has 10 heteroatoms. The number of allylic oxidation sites excluding steroid dienone is 6. The zero-order chi connectivity index (χ0) is 43.2. The average Bonchev–Trinajstić information content (AvgIpc) is 3.22. The molecule has 0 heterocycles. The molecule has 0 aromatic heterocycles. The quantitative estimate of drug-likeness (QED) is 0.0239. The maximum Gasteiger partial charge on any atom is 0.472 e. The highest BCUT2D eigenvalue weighted by Crippen LogP contribution is 2.42. The molecule has 0 saturated carbocycles. The van der Waals surface area contributed by atoms with Crippen LogP contribution in [0.3, 0.4) is 0 Å². The minimum absolute atomic E-state index is 0.0841. The SMILES string of the molecule is CCCCC/C=C\C/C=C\C/C=C\CCCCCCCCCCCCC(=O)OCC(O)COP(=O)(O)OCCNC(=O)CCCCCCCCCCCCCCCCC. The molecule has 0 saturated heterocycles. The lowest BCUT2D eigenvalue weighted by molar-refractivity contribution is -0.147. The predicted octanol–water partition coefficient (Wildman–Crippen LogP) is 14.1. The van der Waals surface area contributed by atoms with Crippen LogP contribution >= 0.6 is 7.82 Å². The van der Waals surface area contributed by atoms with Crippen molar-refractivity contribution in [1.82, 2.24) is 5.32 Å². The zero-order valence-electron chi connectivity index (χ0n) is 38.2. The number of carbonyl (C=O) groups is 2. The summed E-state index contributed by atoms with van der Waals surface area (Å²) < 4.78 is 26.9. The number of hydrogen-bond donors (Lipinski definition) is 3. The number of rotatable bonds is 46. The number of carbonyl (C=O) groups excluding carboxylic acids is 2. The van der Waals surface area contributed by atoms with E-state index in [1.54, 1.807) is 0 Å². The van der Waals surface area contributed by atoms with Gasteiger partial charge >= 0.3 is 13.8 Å². The molecule has 3 N–H and O–H groups in total. The van der Waals surface area contributed by atoms with E-state index in [0.717, 1.165) is 51.4 Å². The van der Waals surface area contributed by atoms with Gasteiger partial charge in [0.1, 0.15) is 12.7 Å². The molecule has 0 aromatic carbocycles. The molecule has 0 aliphatic heterocycles. The lowest BCUT2D eigenvalue weighted by Gasteiger charge is -2.15. The standard InChI is InChI=1S/C49H92NO8P/c1-3-5-7-9-11-13-15-17-19-20-21-22-23-24-25-26-28-30-32-34-36-38-40-42-49(53)56-45-47(51)46-58-59(54,55)57-44-43-50-48(52)41-39-37-35-33-31-29-27-18-16-14-12-10-8-6-4-2/h11,13,17,19,21-22,47,51H,3-10,12,14-16,18,20,23-46H2,1-2H3,(H,50,52)(H,54,55)/b13-11-,19-17-,22-21-. The van der Waals surface area contributed by atoms with Crippen LogP contribution in [0.4, 0.5) is 0 Å². The second kappa shape index (κ2) is 45.7. The van der Waals surface area contributed by atoms with Gasteiger partial charge in [-0.05, 0) is 51.4 Å². The van der Waals surface area contributed by atoms with Crippen molar-refractivity contribution in [3.63, 3.8) is 0 Å². The topological polar surface area (TPSA) is 131 Å². The third-order valence-electron chi connectivity index (χ3n) is 10.6. The van der Waals surface area contributed by atoms with Crippen molar-refractivity contribution in [3.8, 4) is 0 Å². The zero-order valence-corrected chi connectivity index (χ0v) is 39.1. The van der Waals surface area contributed by atoms with Gasteiger partial charge in [-0.1, -0.05) is 204 Å². The Morgan fingerprint density at radius 3 is 1.41 bits per heavy atom. The molecule has 0 spiro atoms. The number of unbranched alkanes of at least 4 members (excludes halogenated alkanes) is 27. The van der Waals surface area contributed by atoms with Crippen LogP contribution < -0.4 is 5.32 Å². The number of phosphoric acid groups is 1. The molecule has 0 aromatic rings. The second-order valence-electron chi connectivity index (χ2n) is 16.4. The molecular weight excluding hydrogens is 762 g/mol. The van der Waals surface area contributed by atoms with Gasteiger partial charge in [-0.25, -0.2) is 4.57 Å². The fourth-order valence-corrected chi connectivity index (χ4v) is 7.62. The van der Waals surface area contributed by atoms with Gasteiger partial charge in [0.05, 0.1) is 13.2 Å². The number of aliphatic hydroxyl groups is 1. The molecule has 0 aliphatic rings. The number of ether oxygens (including phenoxy) is 1. The van der Waals surface area contributed by atoms with Gasteiger partial charge in [0.25, 0.3) is 0 Å². The predicted molar refractivity (Wildman–Crippen MR) is 247 cm³/mol. The van der Waals surface area contributed by atoms with Crippen molar-refractivity contribution in [3.05, 3.63) is 36.5 Å². The number of amides is 1. The van der Waals surface area contributed by atoms with Crippen LogP contribution in [-0.4, -0.2) is 54.3 Å². The van der Waals surface area contributed by atoms with E-state index in [-0.39, 0.29) is 32.1 Å². The first-order valence-corrected chi connectivity index (χ1v) is 26.0. The van der Waals surface area contributed by atoms with Crippen molar-refractivity contribution < 1.29 is 37.9 Å². The summed E-state index contributed by atoms with van der Waals surface area (Å²) in [5, 5.41) is 12.7. The van der Waals surface area contributed by atoms with Gasteiger partial charge in [-0.3, -0.25) is 18.6 Å². The Balaban J connectivity index is 3.56. The van der Waals surface area contributed by atoms with Crippen molar-refractivity contribution >= 4 is 19.7 Å². The first-order valence-electron chi connectivity index (χ1n) is 24.5. The molecule has 59 heavy (non-hydrogen) atoms. The van der Waals surface area contributed by atoms with Crippen LogP contribution in [0.2, 0.25) is 0 Å². The van der Waals surface area contributed by atoms with Crippen LogP contribution in [0.5, 0.6) is 0 Å². The second-order valence-corrected chi connectivity index (χ2v) is 17.9. The maximum absolute atomic E-state index is 12.1. The normalized spacial score (nSPS) is 13.5. The van der Waals surface area contributed by atoms with E-state index in [2.05, 4.69) is 55.6 Å². The molecule has 0 aliphatic carbocycles. The Morgan fingerprint density at radius 1 is 0.525 bits per heavy atom. The van der Waals surface area contributed by atoms with E-state index in [9.17, 15) is 24.2 Å². The number of hydrogen-bond acceptors (Lipinski definition) is 7. The van der Waals surface area contributed by atoms with Gasteiger partial charge in [0.15, 0.2) is 0 Å². The van der Waals surface area contributed by atoms with Crippen molar-refractivity contribution in [2.24, 2.45) is 0 Å². The first-order chi connectivity index (χ1) is 28.8. The fourth-order valence-electron chi connectivity index (χ4n) is 6.86. The summed E-state index contributed by atoms with van der Waals surface area (Å²) in [6.07, 6.45) is 52.2. The van der Waals surface area contributed by atoms with Gasteiger partial charge in [-0.15, -0.1) is 0 Å². The summed E-state index contributed by atoms with van der Waals surface area (Å²) in [5.74, 6) is -0.513. The van der Waals surface area contributed by atoms with E-state index in [1.807, 2.05) is 0 Å². The Kier molecular flexibility index (Phi) is 44.4. The van der Waals surface area contributed by atoms with E-state index >= 15 is 0 Å². The smallest absolute Gasteiger partial charge is 0.463 e. The molecule has 2 atom stereocenters. The third-order valence-corrected chi connectivity index (χ3v) is 11.6. The molecular formula is C49H92NO8P. The highest BCUT2D eigenvalue weighted by Gasteiger charge is 2.23. The lowest BCUT2D eigenvalue weighted by Crippen LogP contribution is -2.27. The highest BCUT2D eigenvalue weighted by atomic mass is 31.2. The largest absolute Gasteiger partial charge is 0.472 e. The first kappa shape index (κ1) is 57.2. The number of nitrogens with one attached hydrogen (secondary N) is 1. The Labute approximate surface area is 363 Å². The van der Waals surface area contributed by atoms with Crippen LogP contribution in [-0.2, 0) is 27.9 Å². The van der Waals surface area contributed by atoms with E-state index in [0.29, 0.717) is 6.42 Å². The maximum atomic E-state index is 12.1. The van der Waals surface area contributed by atoms with Crippen molar-refractivity contribution in [1.29, 1.82) is 0 Å². The number of esters is 1.